The summed E-state index contributed by atoms with van der Waals surface area (Å²) in [6, 6.07) is 0. The molecule has 2 heteroatoms. The zero-order valence-corrected chi connectivity index (χ0v) is 10.9. The van der Waals surface area contributed by atoms with Crippen LogP contribution in [-0.2, 0) is 9.53 Å². The van der Waals surface area contributed by atoms with Crippen LogP contribution in [0.4, 0.5) is 0 Å². The van der Waals surface area contributed by atoms with Gasteiger partial charge >= 0.3 is 5.97 Å². The average Bonchev–Trinajstić information content (AvgIpc) is 1.94. The van der Waals surface area contributed by atoms with Crippen molar-refractivity contribution in [3.8, 4) is 0 Å². The molecule has 15 heavy (non-hydrogen) atoms. The minimum Gasteiger partial charge on any atom is -0.461 e. The molecule has 0 unspecified atom stereocenters. The summed E-state index contributed by atoms with van der Waals surface area (Å²) in [4.78, 5) is 11.1. The fraction of sp³-hybridized carbons (Fsp3) is 0.923. The molecule has 0 saturated heterocycles. The molecule has 0 aliphatic heterocycles. The first-order chi connectivity index (χ1) is 6.65. The Labute approximate surface area is 93.4 Å². The fourth-order valence-electron chi connectivity index (χ4n) is 3.63. The molecule has 0 aromatic heterocycles. The zero-order valence-electron chi connectivity index (χ0n) is 10.9. The van der Waals surface area contributed by atoms with Crippen LogP contribution in [0.5, 0.6) is 0 Å². The SMILES string of the molecule is CC(=O)OC1C(C)(C)CC(C)CC1(C)C. The van der Waals surface area contributed by atoms with E-state index in [1.807, 2.05) is 0 Å². The maximum Gasteiger partial charge on any atom is 0.302 e. The predicted molar refractivity (Wildman–Crippen MR) is 61.5 cm³/mol. The van der Waals surface area contributed by atoms with Crippen molar-refractivity contribution in [3.05, 3.63) is 0 Å². The van der Waals surface area contributed by atoms with Crippen LogP contribution in [0.3, 0.4) is 0 Å². The summed E-state index contributed by atoms with van der Waals surface area (Å²) in [7, 11) is 0. The fourth-order valence-corrected chi connectivity index (χ4v) is 3.63. The Hall–Kier alpha value is -0.530. The summed E-state index contributed by atoms with van der Waals surface area (Å²) in [5.41, 5.74) is 0.180. The van der Waals surface area contributed by atoms with Crippen LogP contribution in [-0.4, -0.2) is 12.1 Å². The van der Waals surface area contributed by atoms with Gasteiger partial charge in [-0.05, 0) is 18.8 Å². The topological polar surface area (TPSA) is 26.3 Å². The molecule has 0 amide bonds. The van der Waals surface area contributed by atoms with Crippen LogP contribution in [0, 0.1) is 16.7 Å². The molecule has 1 saturated carbocycles. The summed E-state index contributed by atoms with van der Waals surface area (Å²) in [6.07, 6.45) is 2.31. The largest absolute Gasteiger partial charge is 0.461 e. The first-order valence-electron chi connectivity index (χ1n) is 5.82. The van der Waals surface area contributed by atoms with Crippen molar-refractivity contribution >= 4 is 5.97 Å². The molecule has 88 valence electrons. The predicted octanol–water partition coefficient (Wildman–Crippen LogP) is 3.40. The van der Waals surface area contributed by atoms with Gasteiger partial charge in [-0.25, -0.2) is 0 Å². The lowest BCUT2D eigenvalue weighted by atomic mass is 9.59. The molecule has 0 heterocycles. The number of esters is 1. The third-order valence-electron chi connectivity index (χ3n) is 3.45. The maximum atomic E-state index is 11.1. The number of ether oxygens (including phenoxy) is 1. The highest BCUT2D eigenvalue weighted by Crippen LogP contribution is 2.49. The van der Waals surface area contributed by atoms with Gasteiger partial charge in [0, 0.05) is 17.8 Å². The van der Waals surface area contributed by atoms with Crippen molar-refractivity contribution in [1.29, 1.82) is 0 Å². The summed E-state index contributed by atoms with van der Waals surface area (Å²) in [5, 5.41) is 0. The quantitative estimate of drug-likeness (QED) is 0.623. The van der Waals surface area contributed by atoms with Crippen molar-refractivity contribution < 1.29 is 9.53 Å². The molecular weight excluding hydrogens is 188 g/mol. The smallest absolute Gasteiger partial charge is 0.302 e. The van der Waals surface area contributed by atoms with Crippen molar-refractivity contribution in [3.63, 3.8) is 0 Å². The second-order valence-electron chi connectivity index (χ2n) is 6.48. The second-order valence-corrected chi connectivity index (χ2v) is 6.48. The van der Waals surface area contributed by atoms with Crippen molar-refractivity contribution in [2.45, 2.75) is 60.5 Å². The van der Waals surface area contributed by atoms with Gasteiger partial charge in [-0.15, -0.1) is 0 Å². The van der Waals surface area contributed by atoms with E-state index in [4.69, 9.17) is 4.74 Å². The van der Waals surface area contributed by atoms with Gasteiger partial charge < -0.3 is 4.74 Å². The van der Waals surface area contributed by atoms with E-state index in [0.717, 1.165) is 12.8 Å². The molecule has 0 aromatic rings. The third-order valence-corrected chi connectivity index (χ3v) is 3.45. The van der Waals surface area contributed by atoms with Crippen molar-refractivity contribution in [2.24, 2.45) is 16.7 Å². The maximum absolute atomic E-state index is 11.1. The van der Waals surface area contributed by atoms with Crippen LogP contribution < -0.4 is 0 Å². The van der Waals surface area contributed by atoms with Crippen LogP contribution in [0.2, 0.25) is 0 Å². The Kier molecular flexibility index (Phi) is 3.18. The second kappa shape index (κ2) is 3.80. The van der Waals surface area contributed by atoms with Crippen molar-refractivity contribution in [1.82, 2.24) is 0 Å². The highest BCUT2D eigenvalue weighted by Gasteiger charge is 2.48. The van der Waals surface area contributed by atoms with Gasteiger partial charge in [0.15, 0.2) is 0 Å². The summed E-state index contributed by atoms with van der Waals surface area (Å²) >= 11 is 0. The monoisotopic (exact) mass is 212 g/mol. The van der Waals surface area contributed by atoms with Crippen LogP contribution >= 0.6 is 0 Å². The van der Waals surface area contributed by atoms with Crippen LogP contribution in [0.1, 0.15) is 54.4 Å². The minimum absolute atomic E-state index is 0.0405. The first kappa shape index (κ1) is 12.5. The summed E-state index contributed by atoms with van der Waals surface area (Å²) < 4.78 is 5.53. The van der Waals surface area contributed by atoms with E-state index in [2.05, 4.69) is 34.6 Å². The Morgan fingerprint density at radius 2 is 1.53 bits per heavy atom. The van der Waals surface area contributed by atoms with E-state index < -0.39 is 0 Å². The number of carbonyl (C=O) groups is 1. The van der Waals surface area contributed by atoms with Crippen molar-refractivity contribution in [2.75, 3.05) is 0 Å². The molecule has 0 N–H and O–H groups in total. The lowest BCUT2D eigenvalue weighted by Crippen LogP contribution is -2.49. The van der Waals surface area contributed by atoms with Gasteiger partial charge in [0.25, 0.3) is 0 Å². The highest BCUT2D eigenvalue weighted by molar-refractivity contribution is 5.66. The third kappa shape index (κ3) is 2.73. The molecule has 1 fully saturated rings. The highest BCUT2D eigenvalue weighted by atomic mass is 16.5. The molecule has 1 rings (SSSR count). The van der Waals surface area contributed by atoms with Gasteiger partial charge in [0.2, 0.25) is 0 Å². The van der Waals surface area contributed by atoms with E-state index in [-0.39, 0.29) is 22.9 Å². The standard InChI is InChI=1S/C13H24O2/c1-9-7-12(3,4)11(15-10(2)14)13(5,6)8-9/h9,11H,7-8H2,1-6H3. The van der Waals surface area contributed by atoms with Crippen LogP contribution in [0.15, 0.2) is 0 Å². The lowest BCUT2D eigenvalue weighted by Gasteiger charge is -2.50. The molecule has 1 aliphatic rings. The molecule has 0 radical (unpaired) electrons. The normalized spacial score (nSPS) is 33.5. The van der Waals surface area contributed by atoms with Gasteiger partial charge in [0.05, 0.1) is 0 Å². The molecule has 0 atom stereocenters. The molecule has 1 aliphatic carbocycles. The lowest BCUT2D eigenvalue weighted by molar-refractivity contribution is -0.172. The Morgan fingerprint density at radius 3 is 1.87 bits per heavy atom. The van der Waals surface area contributed by atoms with E-state index in [1.54, 1.807) is 0 Å². The molecule has 0 bridgehead atoms. The van der Waals surface area contributed by atoms with E-state index >= 15 is 0 Å². The van der Waals surface area contributed by atoms with Gasteiger partial charge in [-0.1, -0.05) is 34.6 Å². The summed E-state index contributed by atoms with van der Waals surface area (Å²) in [6.45, 7) is 12.6. The van der Waals surface area contributed by atoms with E-state index in [0.29, 0.717) is 5.92 Å². The molecule has 2 nitrogen and oxygen atoms in total. The molecule has 0 aromatic carbocycles. The molecular formula is C13H24O2. The first-order valence-corrected chi connectivity index (χ1v) is 5.82. The van der Waals surface area contributed by atoms with E-state index in [1.165, 1.54) is 6.92 Å². The Morgan fingerprint density at radius 1 is 1.13 bits per heavy atom. The Balaban J connectivity index is 2.92. The van der Waals surface area contributed by atoms with Crippen LogP contribution in [0.25, 0.3) is 0 Å². The Bertz CT molecular complexity index is 235. The van der Waals surface area contributed by atoms with Gasteiger partial charge in [0.1, 0.15) is 6.10 Å². The number of carbonyl (C=O) groups excluding carboxylic acids is 1. The zero-order chi connectivity index (χ0) is 11.9. The van der Waals surface area contributed by atoms with E-state index in [9.17, 15) is 4.79 Å². The molecule has 0 spiro atoms. The average molecular weight is 212 g/mol. The van der Waals surface area contributed by atoms with Gasteiger partial charge in [-0.2, -0.15) is 0 Å². The summed E-state index contributed by atoms with van der Waals surface area (Å²) in [5.74, 6) is 0.553. The number of rotatable bonds is 1. The minimum atomic E-state index is -0.157. The number of hydrogen-bond acceptors (Lipinski definition) is 2. The van der Waals surface area contributed by atoms with Gasteiger partial charge in [-0.3, -0.25) is 4.79 Å². The number of hydrogen-bond donors (Lipinski definition) is 0.